The number of benzene rings is 1. The highest BCUT2D eigenvalue weighted by Gasteiger charge is 2.18. The number of nitrogens with zero attached hydrogens (tertiary/aromatic N) is 1. The van der Waals surface area contributed by atoms with E-state index in [0.717, 1.165) is 0 Å². The van der Waals surface area contributed by atoms with Gasteiger partial charge in [0.15, 0.2) is 0 Å². The van der Waals surface area contributed by atoms with Crippen molar-refractivity contribution in [2.45, 2.75) is 6.92 Å². The van der Waals surface area contributed by atoms with Gasteiger partial charge in [-0.05, 0) is 19.1 Å². The molecule has 0 saturated carbocycles. The fraction of sp³-hybridized carbons (Fsp3) is 0.333. The summed E-state index contributed by atoms with van der Waals surface area (Å²) in [4.78, 5) is 24.5. The number of esters is 1. The van der Waals surface area contributed by atoms with Gasteiger partial charge in [-0.3, -0.25) is 9.59 Å². The third-order valence-corrected chi connectivity index (χ3v) is 2.37. The molecule has 0 aliphatic rings. The standard InChI is InChI=1S/C12H14ClNO3/c1-2-17-11(15)8-14(9-13)12(16)10-6-4-3-5-7-10/h3-7H,2,8-9H2,1H3. The van der Waals surface area contributed by atoms with E-state index in [1.165, 1.54) is 4.90 Å². The summed E-state index contributed by atoms with van der Waals surface area (Å²) >= 11 is 5.65. The molecule has 0 spiro atoms. The van der Waals surface area contributed by atoms with Gasteiger partial charge in [0.05, 0.1) is 12.6 Å². The van der Waals surface area contributed by atoms with Crippen LogP contribution in [0.3, 0.4) is 0 Å². The molecule has 0 heterocycles. The Morgan fingerprint density at radius 2 is 1.94 bits per heavy atom. The van der Waals surface area contributed by atoms with Gasteiger partial charge in [-0.2, -0.15) is 0 Å². The van der Waals surface area contributed by atoms with E-state index in [1.807, 2.05) is 6.07 Å². The first kappa shape index (κ1) is 13.5. The summed E-state index contributed by atoms with van der Waals surface area (Å²) in [5, 5.41) is 0. The molecular weight excluding hydrogens is 242 g/mol. The molecule has 0 aromatic heterocycles. The molecular formula is C12H14ClNO3. The van der Waals surface area contributed by atoms with Crippen molar-refractivity contribution >= 4 is 23.5 Å². The minimum atomic E-state index is -0.461. The van der Waals surface area contributed by atoms with Gasteiger partial charge in [0, 0.05) is 5.56 Å². The summed E-state index contributed by atoms with van der Waals surface area (Å²) in [6, 6.07) is 8.62. The van der Waals surface area contributed by atoms with Crippen molar-refractivity contribution in [1.29, 1.82) is 0 Å². The highest BCUT2D eigenvalue weighted by atomic mass is 35.5. The Labute approximate surface area is 105 Å². The van der Waals surface area contributed by atoms with Gasteiger partial charge in [-0.1, -0.05) is 18.2 Å². The average molecular weight is 256 g/mol. The number of ether oxygens (including phenoxy) is 1. The predicted molar refractivity (Wildman–Crippen MR) is 64.8 cm³/mol. The number of rotatable bonds is 5. The van der Waals surface area contributed by atoms with Gasteiger partial charge in [-0.25, -0.2) is 0 Å². The van der Waals surface area contributed by atoms with E-state index in [-0.39, 0.29) is 25.1 Å². The van der Waals surface area contributed by atoms with Crippen LogP contribution in [0, 0.1) is 0 Å². The van der Waals surface area contributed by atoms with Gasteiger partial charge in [-0.15, -0.1) is 11.6 Å². The Morgan fingerprint density at radius 3 is 2.47 bits per heavy atom. The molecule has 0 saturated heterocycles. The van der Waals surface area contributed by atoms with Crippen LogP contribution < -0.4 is 0 Å². The maximum atomic E-state index is 11.9. The molecule has 4 nitrogen and oxygen atoms in total. The van der Waals surface area contributed by atoms with Crippen LogP contribution >= 0.6 is 11.6 Å². The van der Waals surface area contributed by atoms with Crippen LogP contribution in [0.5, 0.6) is 0 Å². The van der Waals surface area contributed by atoms with Crippen LogP contribution in [0.4, 0.5) is 0 Å². The third kappa shape index (κ3) is 4.07. The SMILES string of the molecule is CCOC(=O)CN(CCl)C(=O)c1ccccc1. The molecule has 0 unspecified atom stereocenters. The number of halogens is 1. The van der Waals surface area contributed by atoms with Crippen LogP contribution in [0.15, 0.2) is 30.3 Å². The molecule has 1 amide bonds. The Morgan fingerprint density at radius 1 is 1.29 bits per heavy atom. The van der Waals surface area contributed by atoms with Gasteiger partial charge >= 0.3 is 5.97 Å². The number of carbonyl (C=O) groups is 2. The van der Waals surface area contributed by atoms with Crippen LogP contribution in [-0.4, -0.2) is 35.9 Å². The van der Waals surface area contributed by atoms with Crippen LogP contribution in [0.25, 0.3) is 0 Å². The van der Waals surface area contributed by atoms with Crippen molar-refractivity contribution in [3.05, 3.63) is 35.9 Å². The van der Waals surface area contributed by atoms with E-state index in [1.54, 1.807) is 31.2 Å². The van der Waals surface area contributed by atoms with E-state index in [0.29, 0.717) is 5.56 Å². The molecule has 0 fully saturated rings. The second-order valence-electron chi connectivity index (χ2n) is 3.29. The van der Waals surface area contributed by atoms with Crippen LogP contribution in [-0.2, 0) is 9.53 Å². The first-order chi connectivity index (χ1) is 8.19. The molecule has 0 aliphatic carbocycles. The minimum absolute atomic E-state index is 0.0491. The molecule has 5 heteroatoms. The molecule has 92 valence electrons. The number of hydrogen-bond acceptors (Lipinski definition) is 3. The highest BCUT2D eigenvalue weighted by Crippen LogP contribution is 2.05. The smallest absolute Gasteiger partial charge is 0.325 e. The van der Waals surface area contributed by atoms with E-state index in [4.69, 9.17) is 16.3 Å². The zero-order chi connectivity index (χ0) is 12.7. The van der Waals surface area contributed by atoms with Crippen molar-refractivity contribution in [3.63, 3.8) is 0 Å². The zero-order valence-corrected chi connectivity index (χ0v) is 10.3. The summed E-state index contributed by atoms with van der Waals surface area (Å²) in [6.45, 7) is 1.86. The first-order valence-electron chi connectivity index (χ1n) is 5.25. The van der Waals surface area contributed by atoms with Crippen molar-refractivity contribution in [2.24, 2.45) is 0 Å². The Bertz CT molecular complexity index is 381. The summed E-state index contributed by atoms with van der Waals surface area (Å²) in [7, 11) is 0. The van der Waals surface area contributed by atoms with E-state index in [2.05, 4.69) is 0 Å². The Hall–Kier alpha value is -1.55. The fourth-order valence-electron chi connectivity index (χ4n) is 1.29. The fourth-order valence-corrected chi connectivity index (χ4v) is 1.49. The number of carbonyl (C=O) groups excluding carboxylic acids is 2. The molecule has 17 heavy (non-hydrogen) atoms. The van der Waals surface area contributed by atoms with E-state index in [9.17, 15) is 9.59 Å². The van der Waals surface area contributed by atoms with Gasteiger partial charge < -0.3 is 9.64 Å². The van der Waals surface area contributed by atoms with Crippen molar-refractivity contribution in [2.75, 3.05) is 19.2 Å². The maximum Gasteiger partial charge on any atom is 0.325 e. The Kier molecular flexibility index (Phi) is 5.49. The van der Waals surface area contributed by atoms with Gasteiger partial charge in [0.1, 0.15) is 6.54 Å². The molecule has 1 aromatic carbocycles. The molecule has 0 aliphatic heterocycles. The average Bonchev–Trinajstić information content (AvgIpc) is 2.36. The predicted octanol–water partition coefficient (Wildman–Crippen LogP) is 1.89. The van der Waals surface area contributed by atoms with E-state index < -0.39 is 5.97 Å². The minimum Gasteiger partial charge on any atom is -0.465 e. The van der Waals surface area contributed by atoms with Crippen LogP contribution in [0.1, 0.15) is 17.3 Å². The lowest BCUT2D eigenvalue weighted by molar-refractivity contribution is -0.143. The zero-order valence-electron chi connectivity index (χ0n) is 9.56. The molecule has 1 rings (SSSR count). The van der Waals surface area contributed by atoms with Crippen molar-refractivity contribution < 1.29 is 14.3 Å². The summed E-state index contributed by atoms with van der Waals surface area (Å²) in [5.74, 6) is -0.744. The van der Waals surface area contributed by atoms with Crippen molar-refractivity contribution in [1.82, 2.24) is 4.90 Å². The second kappa shape index (κ2) is 6.91. The van der Waals surface area contributed by atoms with Gasteiger partial charge in [0.25, 0.3) is 5.91 Å². The summed E-state index contributed by atoms with van der Waals surface area (Å²) in [6.07, 6.45) is 0. The van der Waals surface area contributed by atoms with Crippen LogP contribution in [0.2, 0.25) is 0 Å². The summed E-state index contributed by atoms with van der Waals surface area (Å²) in [5.41, 5.74) is 0.498. The largest absolute Gasteiger partial charge is 0.465 e. The topological polar surface area (TPSA) is 46.6 Å². The Balaban J connectivity index is 2.68. The highest BCUT2D eigenvalue weighted by molar-refractivity contribution is 6.19. The molecule has 0 atom stereocenters. The maximum absolute atomic E-state index is 11.9. The van der Waals surface area contributed by atoms with Crippen molar-refractivity contribution in [3.8, 4) is 0 Å². The quantitative estimate of drug-likeness (QED) is 0.459. The molecule has 0 radical (unpaired) electrons. The summed E-state index contributed by atoms with van der Waals surface area (Å²) < 4.78 is 4.77. The monoisotopic (exact) mass is 255 g/mol. The lowest BCUT2D eigenvalue weighted by Crippen LogP contribution is -2.35. The molecule has 0 N–H and O–H groups in total. The number of hydrogen-bond donors (Lipinski definition) is 0. The second-order valence-corrected chi connectivity index (χ2v) is 3.53. The number of alkyl halides is 1. The third-order valence-electron chi connectivity index (χ3n) is 2.08. The normalized spacial score (nSPS) is 9.76. The van der Waals surface area contributed by atoms with E-state index >= 15 is 0 Å². The van der Waals surface area contributed by atoms with Gasteiger partial charge in [0.2, 0.25) is 0 Å². The first-order valence-corrected chi connectivity index (χ1v) is 5.78. The molecule has 1 aromatic rings. The number of amides is 1. The lowest BCUT2D eigenvalue weighted by Gasteiger charge is -2.18. The molecule has 0 bridgehead atoms. The lowest BCUT2D eigenvalue weighted by atomic mass is 10.2.